The number of thioether (sulfide) groups is 1. The third kappa shape index (κ3) is 5.82. The second-order valence-corrected chi connectivity index (χ2v) is 6.97. The van der Waals surface area contributed by atoms with Crippen LogP contribution in [0, 0.1) is 24.0 Å². The summed E-state index contributed by atoms with van der Waals surface area (Å²) >= 11 is 0.997. The molecule has 2 aromatic carbocycles. The fraction of sp³-hybridized carbons (Fsp3) is 0.263. The Labute approximate surface area is 161 Å². The molecule has 0 spiro atoms. The Balaban J connectivity index is 1.89. The summed E-state index contributed by atoms with van der Waals surface area (Å²) in [6.07, 6.45) is -0.982. The van der Waals surface area contributed by atoms with Crippen LogP contribution in [0.25, 0.3) is 0 Å². The minimum atomic E-state index is -0.982. The fourth-order valence-corrected chi connectivity index (χ4v) is 3.15. The molecule has 0 radical (unpaired) electrons. The number of nitro groups is 1. The molecule has 0 aliphatic heterocycles. The molecule has 0 saturated carbocycles. The van der Waals surface area contributed by atoms with Gasteiger partial charge in [0.05, 0.1) is 15.6 Å². The van der Waals surface area contributed by atoms with Crippen molar-refractivity contribution in [2.75, 3.05) is 11.1 Å². The van der Waals surface area contributed by atoms with Crippen molar-refractivity contribution in [1.29, 1.82) is 0 Å². The van der Waals surface area contributed by atoms with E-state index in [4.69, 9.17) is 4.74 Å². The summed E-state index contributed by atoms with van der Waals surface area (Å²) in [7, 11) is 0. The number of nitro benzene ring substituents is 1. The quantitative estimate of drug-likeness (QED) is 0.335. The molecule has 8 heteroatoms. The molecule has 1 N–H and O–H groups in total. The lowest BCUT2D eigenvalue weighted by atomic mass is 10.1. The number of anilines is 1. The number of hydrogen-bond acceptors (Lipinski definition) is 6. The number of benzene rings is 2. The SMILES string of the molecule is Cc1ccc(NC(=O)[C@@H](C)OC(=O)CSc2ccccc2[N+](=O)[O-])c(C)c1. The second-order valence-electron chi connectivity index (χ2n) is 5.95. The van der Waals surface area contributed by atoms with Gasteiger partial charge in [0.25, 0.3) is 11.6 Å². The van der Waals surface area contributed by atoms with Crippen LogP contribution in [0.5, 0.6) is 0 Å². The monoisotopic (exact) mass is 388 g/mol. The van der Waals surface area contributed by atoms with Gasteiger partial charge in [-0.3, -0.25) is 19.7 Å². The number of amides is 1. The Morgan fingerprint density at radius 3 is 2.59 bits per heavy atom. The van der Waals surface area contributed by atoms with Gasteiger partial charge in [0.1, 0.15) is 0 Å². The number of carbonyl (C=O) groups is 2. The van der Waals surface area contributed by atoms with Gasteiger partial charge in [-0.05, 0) is 38.5 Å². The van der Waals surface area contributed by atoms with Crippen LogP contribution in [0.1, 0.15) is 18.1 Å². The molecule has 7 nitrogen and oxygen atoms in total. The smallest absolute Gasteiger partial charge is 0.317 e. The number of carbonyl (C=O) groups excluding carboxylic acids is 2. The van der Waals surface area contributed by atoms with E-state index in [1.54, 1.807) is 24.3 Å². The molecule has 1 atom stereocenters. The molecule has 0 aromatic heterocycles. The highest BCUT2D eigenvalue weighted by atomic mass is 32.2. The summed E-state index contributed by atoms with van der Waals surface area (Å²) in [6, 6.07) is 11.8. The number of rotatable bonds is 7. The number of nitrogens with zero attached hydrogens (tertiary/aromatic N) is 1. The van der Waals surface area contributed by atoms with Crippen LogP contribution in [0.2, 0.25) is 0 Å². The average Bonchev–Trinajstić information content (AvgIpc) is 2.62. The van der Waals surface area contributed by atoms with Crippen molar-refractivity contribution < 1.29 is 19.2 Å². The third-order valence-corrected chi connectivity index (χ3v) is 4.76. The highest BCUT2D eigenvalue weighted by molar-refractivity contribution is 8.00. The van der Waals surface area contributed by atoms with E-state index in [9.17, 15) is 19.7 Å². The maximum absolute atomic E-state index is 12.2. The highest BCUT2D eigenvalue weighted by Crippen LogP contribution is 2.28. The van der Waals surface area contributed by atoms with Crippen LogP contribution >= 0.6 is 11.8 Å². The number of hydrogen-bond donors (Lipinski definition) is 1. The Kier molecular flexibility index (Phi) is 6.95. The molecule has 0 unspecified atom stereocenters. The molecule has 2 aromatic rings. The maximum atomic E-state index is 12.2. The van der Waals surface area contributed by atoms with Gasteiger partial charge in [0.2, 0.25) is 0 Å². The summed E-state index contributed by atoms with van der Waals surface area (Å²) in [6.45, 7) is 5.31. The first-order chi connectivity index (χ1) is 12.8. The first-order valence-electron chi connectivity index (χ1n) is 8.21. The maximum Gasteiger partial charge on any atom is 0.317 e. The number of nitrogens with one attached hydrogen (secondary N) is 1. The Hall–Kier alpha value is -2.87. The molecule has 0 bridgehead atoms. The van der Waals surface area contributed by atoms with Gasteiger partial charge in [-0.25, -0.2) is 0 Å². The van der Waals surface area contributed by atoms with E-state index < -0.39 is 22.9 Å². The summed E-state index contributed by atoms with van der Waals surface area (Å²) in [4.78, 5) is 35.0. The molecule has 1 amide bonds. The van der Waals surface area contributed by atoms with E-state index in [0.717, 1.165) is 22.9 Å². The number of ether oxygens (including phenoxy) is 1. The van der Waals surface area contributed by atoms with Crippen molar-refractivity contribution in [2.24, 2.45) is 0 Å². The average molecular weight is 388 g/mol. The predicted octanol–water partition coefficient (Wildman–Crippen LogP) is 3.87. The first kappa shape index (κ1) is 20.4. The van der Waals surface area contributed by atoms with Crippen LogP contribution in [0.3, 0.4) is 0 Å². The van der Waals surface area contributed by atoms with Crippen LogP contribution in [0.15, 0.2) is 47.4 Å². The van der Waals surface area contributed by atoms with E-state index in [1.807, 2.05) is 26.0 Å². The fourth-order valence-electron chi connectivity index (χ4n) is 2.34. The predicted molar refractivity (Wildman–Crippen MR) is 104 cm³/mol. The molecule has 0 fully saturated rings. The molecule has 0 aliphatic rings. The number of aryl methyl sites for hydroxylation is 2. The molecule has 0 saturated heterocycles. The van der Waals surface area contributed by atoms with E-state index in [1.165, 1.54) is 13.0 Å². The lowest BCUT2D eigenvalue weighted by molar-refractivity contribution is -0.387. The van der Waals surface area contributed by atoms with Crippen LogP contribution in [-0.4, -0.2) is 28.7 Å². The summed E-state index contributed by atoms with van der Waals surface area (Å²) in [5.74, 6) is -1.20. The largest absolute Gasteiger partial charge is 0.452 e. The van der Waals surface area contributed by atoms with E-state index >= 15 is 0 Å². The summed E-state index contributed by atoms with van der Waals surface area (Å²) in [5, 5.41) is 13.7. The van der Waals surface area contributed by atoms with Crippen LogP contribution < -0.4 is 5.32 Å². The number of esters is 1. The van der Waals surface area contributed by atoms with Gasteiger partial charge in [0, 0.05) is 11.8 Å². The molecule has 0 aliphatic carbocycles. The van der Waals surface area contributed by atoms with Gasteiger partial charge < -0.3 is 10.1 Å². The minimum Gasteiger partial charge on any atom is -0.452 e. The van der Waals surface area contributed by atoms with Crippen LogP contribution in [0.4, 0.5) is 11.4 Å². The van der Waals surface area contributed by atoms with Crippen molar-refractivity contribution in [1.82, 2.24) is 0 Å². The highest BCUT2D eigenvalue weighted by Gasteiger charge is 2.20. The molecular formula is C19H20N2O5S. The first-order valence-corrected chi connectivity index (χ1v) is 9.20. The van der Waals surface area contributed by atoms with Crippen molar-refractivity contribution >= 4 is 35.0 Å². The summed E-state index contributed by atoms with van der Waals surface area (Å²) in [5.41, 5.74) is 2.57. The van der Waals surface area contributed by atoms with Gasteiger partial charge >= 0.3 is 5.97 Å². The zero-order valence-corrected chi connectivity index (χ0v) is 16.0. The standard InChI is InChI=1S/C19H20N2O5S/c1-12-8-9-15(13(2)10-12)20-19(23)14(3)26-18(22)11-27-17-7-5-4-6-16(17)21(24)25/h4-10,14H,11H2,1-3H3,(H,20,23)/t14-/m1/s1. The van der Waals surface area contributed by atoms with Gasteiger partial charge in [0.15, 0.2) is 6.10 Å². The normalized spacial score (nSPS) is 11.5. The topological polar surface area (TPSA) is 98.5 Å². The van der Waals surface area contributed by atoms with E-state index in [2.05, 4.69) is 5.32 Å². The number of para-hydroxylation sites is 1. The molecule has 142 valence electrons. The summed E-state index contributed by atoms with van der Waals surface area (Å²) < 4.78 is 5.13. The van der Waals surface area contributed by atoms with E-state index in [-0.39, 0.29) is 11.4 Å². The Bertz CT molecular complexity index is 869. The minimum absolute atomic E-state index is 0.0732. The Morgan fingerprint density at radius 2 is 1.93 bits per heavy atom. The van der Waals surface area contributed by atoms with E-state index in [0.29, 0.717) is 10.6 Å². The van der Waals surface area contributed by atoms with Gasteiger partial charge in [-0.2, -0.15) is 0 Å². The van der Waals surface area contributed by atoms with Crippen molar-refractivity contribution in [3.05, 3.63) is 63.7 Å². The van der Waals surface area contributed by atoms with Crippen molar-refractivity contribution in [2.45, 2.75) is 31.8 Å². The van der Waals surface area contributed by atoms with Crippen molar-refractivity contribution in [3.63, 3.8) is 0 Å². The second kappa shape index (κ2) is 9.18. The molecule has 0 heterocycles. The lowest BCUT2D eigenvalue weighted by Gasteiger charge is -2.15. The lowest BCUT2D eigenvalue weighted by Crippen LogP contribution is -2.30. The van der Waals surface area contributed by atoms with Gasteiger partial charge in [-0.15, -0.1) is 11.8 Å². The zero-order chi connectivity index (χ0) is 20.0. The molecule has 2 rings (SSSR count). The third-order valence-electron chi connectivity index (χ3n) is 3.72. The van der Waals surface area contributed by atoms with Gasteiger partial charge in [-0.1, -0.05) is 29.8 Å². The molecular weight excluding hydrogens is 368 g/mol. The van der Waals surface area contributed by atoms with Crippen molar-refractivity contribution in [3.8, 4) is 0 Å². The Morgan fingerprint density at radius 1 is 1.22 bits per heavy atom. The zero-order valence-electron chi connectivity index (χ0n) is 15.2. The van der Waals surface area contributed by atoms with Crippen LogP contribution in [-0.2, 0) is 14.3 Å². The molecule has 27 heavy (non-hydrogen) atoms.